The summed E-state index contributed by atoms with van der Waals surface area (Å²) in [6.45, 7) is 7.94. The third kappa shape index (κ3) is 4.12. The maximum atomic E-state index is 12.6. The van der Waals surface area contributed by atoms with Crippen molar-refractivity contribution < 1.29 is 14.3 Å². The molecule has 1 aliphatic carbocycles. The van der Waals surface area contributed by atoms with E-state index in [9.17, 15) is 4.79 Å². The van der Waals surface area contributed by atoms with Gasteiger partial charge in [-0.3, -0.25) is 9.80 Å². The fraction of sp³-hybridized carbons (Fsp3) is 0.536. The Morgan fingerprint density at radius 2 is 1.76 bits per heavy atom. The first-order valence-electron chi connectivity index (χ1n) is 12.5. The Bertz CT molecular complexity index is 1050. The van der Waals surface area contributed by atoms with Crippen LogP contribution in [-0.2, 0) is 17.7 Å². The van der Waals surface area contributed by atoms with Gasteiger partial charge in [0.05, 0.1) is 6.54 Å². The Morgan fingerprint density at radius 3 is 2.48 bits per heavy atom. The van der Waals surface area contributed by atoms with Crippen LogP contribution < -0.4 is 9.64 Å². The number of carbonyl (C=O) groups is 1. The summed E-state index contributed by atoms with van der Waals surface area (Å²) in [5, 5.41) is 0. The van der Waals surface area contributed by atoms with Gasteiger partial charge in [-0.1, -0.05) is 30.3 Å². The van der Waals surface area contributed by atoms with Crippen molar-refractivity contribution >= 4 is 11.8 Å². The smallest absolute Gasteiger partial charge is 0.415 e. The van der Waals surface area contributed by atoms with E-state index in [0.29, 0.717) is 12.5 Å². The van der Waals surface area contributed by atoms with Crippen molar-refractivity contribution in [3.8, 4) is 5.75 Å². The summed E-state index contributed by atoms with van der Waals surface area (Å²) in [7, 11) is 0. The zero-order valence-electron chi connectivity index (χ0n) is 19.8. The van der Waals surface area contributed by atoms with Gasteiger partial charge in [-0.25, -0.2) is 4.79 Å². The van der Waals surface area contributed by atoms with Gasteiger partial charge in [-0.15, -0.1) is 0 Å². The van der Waals surface area contributed by atoms with Gasteiger partial charge in [0.2, 0.25) is 0 Å². The van der Waals surface area contributed by atoms with Crippen molar-refractivity contribution in [3.05, 3.63) is 59.2 Å². The monoisotopic (exact) mass is 446 g/mol. The van der Waals surface area contributed by atoms with E-state index >= 15 is 0 Å². The van der Waals surface area contributed by atoms with Crippen molar-refractivity contribution in [1.29, 1.82) is 0 Å². The molecule has 0 atom stereocenters. The zero-order valence-corrected chi connectivity index (χ0v) is 19.8. The molecule has 3 heterocycles. The Balaban J connectivity index is 1.14. The minimum Gasteiger partial charge on any atom is -0.487 e. The van der Waals surface area contributed by atoms with Crippen LogP contribution in [0.1, 0.15) is 68.6 Å². The number of hydrogen-bond acceptors (Lipinski definition) is 4. The standard InChI is InChI=1S/C28H34N2O3/c1-27(2)11-10-22-16-20(17-24(21-8-9-21)25(22)32-27)18-29-14-12-28(13-15-29)19-30(26(31)33-28)23-6-4-3-5-7-23/h3-7,16-17,21H,8-15,18-19H2,1-2H3. The van der Waals surface area contributed by atoms with Gasteiger partial charge in [0.25, 0.3) is 0 Å². The molecule has 1 spiro atoms. The molecule has 4 aliphatic rings. The van der Waals surface area contributed by atoms with Gasteiger partial charge in [-0.2, -0.15) is 0 Å². The second-order valence-corrected chi connectivity index (χ2v) is 11.1. The maximum Gasteiger partial charge on any atom is 0.415 e. The van der Waals surface area contributed by atoms with Gasteiger partial charge >= 0.3 is 6.09 Å². The van der Waals surface area contributed by atoms with Crippen LogP contribution in [0.2, 0.25) is 0 Å². The molecule has 33 heavy (non-hydrogen) atoms. The van der Waals surface area contributed by atoms with E-state index in [1.165, 1.54) is 35.3 Å². The molecule has 5 heteroatoms. The molecule has 2 aromatic carbocycles. The molecule has 3 aliphatic heterocycles. The third-order valence-corrected chi connectivity index (χ3v) is 7.86. The molecular weight excluding hydrogens is 412 g/mol. The number of likely N-dealkylation sites (tertiary alicyclic amines) is 1. The van der Waals surface area contributed by atoms with Crippen LogP contribution in [-0.4, -0.2) is 41.8 Å². The van der Waals surface area contributed by atoms with Crippen molar-refractivity contribution in [2.75, 3.05) is 24.5 Å². The first kappa shape index (κ1) is 21.0. The number of rotatable bonds is 4. The molecule has 0 aromatic heterocycles. The lowest BCUT2D eigenvalue weighted by Gasteiger charge is -2.38. The molecule has 0 radical (unpaired) electrons. The zero-order chi connectivity index (χ0) is 22.6. The lowest BCUT2D eigenvalue weighted by Crippen LogP contribution is -2.46. The first-order valence-corrected chi connectivity index (χ1v) is 12.5. The fourth-order valence-electron chi connectivity index (χ4n) is 5.71. The second-order valence-electron chi connectivity index (χ2n) is 11.1. The largest absolute Gasteiger partial charge is 0.487 e. The summed E-state index contributed by atoms with van der Waals surface area (Å²) in [6, 6.07) is 14.7. The van der Waals surface area contributed by atoms with Crippen molar-refractivity contribution in [1.82, 2.24) is 4.90 Å². The van der Waals surface area contributed by atoms with E-state index in [0.717, 1.165) is 51.0 Å². The normalized spacial score (nSPS) is 23.8. The lowest BCUT2D eigenvalue weighted by molar-refractivity contribution is -0.000990. The molecule has 1 saturated carbocycles. The molecule has 174 valence electrons. The Labute approximate surface area is 196 Å². The van der Waals surface area contributed by atoms with Crippen LogP contribution >= 0.6 is 0 Å². The number of hydrogen-bond donors (Lipinski definition) is 0. The highest BCUT2D eigenvalue weighted by Crippen LogP contribution is 2.49. The van der Waals surface area contributed by atoms with E-state index < -0.39 is 0 Å². The summed E-state index contributed by atoms with van der Waals surface area (Å²) in [5.41, 5.74) is 4.75. The minimum atomic E-state index is -0.349. The summed E-state index contributed by atoms with van der Waals surface area (Å²) in [5.74, 6) is 1.85. The Morgan fingerprint density at radius 1 is 1.00 bits per heavy atom. The number of ether oxygens (including phenoxy) is 2. The van der Waals surface area contributed by atoms with Gasteiger partial charge in [-0.05, 0) is 74.3 Å². The first-order chi connectivity index (χ1) is 15.9. The Hall–Kier alpha value is -2.53. The highest BCUT2D eigenvalue weighted by Gasteiger charge is 2.47. The summed E-state index contributed by atoms with van der Waals surface area (Å²) in [6.07, 6.45) is 6.32. The lowest BCUT2D eigenvalue weighted by atomic mass is 9.89. The molecule has 0 bridgehead atoms. The van der Waals surface area contributed by atoms with E-state index in [1.54, 1.807) is 4.90 Å². The predicted octanol–water partition coefficient (Wildman–Crippen LogP) is 5.66. The second kappa shape index (κ2) is 7.76. The van der Waals surface area contributed by atoms with Crippen molar-refractivity contribution in [2.24, 2.45) is 0 Å². The van der Waals surface area contributed by atoms with E-state index in [1.807, 2.05) is 30.3 Å². The number of anilines is 1. The maximum absolute atomic E-state index is 12.6. The molecule has 0 unspecified atom stereocenters. The van der Waals surface area contributed by atoms with Crippen LogP contribution in [0.15, 0.2) is 42.5 Å². The fourth-order valence-corrected chi connectivity index (χ4v) is 5.71. The number of fused-ring (bicyclic) bond motifs is 1. The van der Waals surface area contributed by atoms with Crippen LogP contribution in [0.3, 0.4) is 0 Å². The molecule has 0 N–H and O–H groups in total. The van der Waals surface area contributed by atoms with Gasteiger partial charge < -0.3 is 9.47 Å². The highest BCUT2D eigenvalue weighted by atomic mass is 16.6. The third-order valence-electron chi connectivity index (χ3n) is 7.86. The van der Waals surface area contributed by atoms with Crippen LogP contribution in [0.5, 0.6) is 5.75 Å². The van der Waals surface area contributed by atoms with Crippen molar-refractivity contribution in [2.45, 2.75) is 76.0 Å². The number of para-hydroxylation sites is 1. The average Bonchev–Trinajstić information content (AvgIpc) is 3.59. The quantitative estimate of drug-likeness (QED) is 0.608. The molecule has 2 aromatic rings. The molecule has 5 nitrogen and oxygen atoms in total. The van der Waals surface area contributed by atoms with Gasteiger partial charge in [0.15, 0.2) is 0 Å². The molecule has 2 saturated heterocycles. The average molecular weight is 447 g/mol. The van der Waals surface area contributed by atoms with Gasteiger partial charge in [0, 0.05) is 38.2 Å². The highest BCUT2D eigenvalue weighted by molar-refractivity contribution is 5.90. The number of aryl methyl sites for hydroxylation is 1. The molecular formula is C28H34N2O3. The number of amides is 1. The van der Waals surface area contributed by atoms with Crippen LogP contribution in [0.25, 0.3) is 0 Å². The Kier molecular flexibility index (Phi) is 4.95. The summed E-state index contributed by atoms with van der Waals surface area (Å²) in [4.78, 5) is 16.9. The predicted molar refractivity (Wildman–Crippen MR) is 129 cm³/mol. The summed E-state index contributed by atoms with van der Waals surface area (Å²) >= 11 is 0. The SMILES string of the molecule is CC1(C)CCc2cc(CN3CCC4(CC3)CN(c3ccccc3)C(=O)O4)cc(C3CC3)c2O1. The molecule has 1 amide bonds. The number of benzene rings is 2. The molecule has 3 fully saturated rings. The number of carbonyl (C=O) groups excluding carboxylic acids is 1. The topological polar surface area (TPSA) is 42.0 Å². The van der Waals surface area contributed by atoms with Crippen LogP contribution in [0.4, 0.5) is 10.5 Å². The van der Waals surface area contributed by atoms with E-state index in [-0.39, 0.29) is 17.3 Å². The van der Waals surface area contributed by atoms with Gasteiger partial charge in [0.1, 0.15) is 17.0 Å². The van der Waals surface area contributed by atoms with Crippen molar-refractivity contribution in [3.63, 3.8) is 0 Å². The van der Waals surface area contributed by atoms with E-state index in [2.05, 4.69) is 30.9 Å². The summed E-state index contributed by atoms with van der Waals surface area (Å²) < 4.78 is 12.4. The number of piperidine rings is 1. The molecule has 6 rings (SSSR count). The van der Waals surface area contributed by atoms with Crippen LogP contribution in [0, 0.1) is 0 Å². The van der Waals surface area contributed by atoms with E-state index in [4.69, 9.17) is 9.47 Å². The minimum absolute atomic E-state index is 0.0638. The number of nitrogens with zero attached hydrogens (tertiary/aromatic N) is 2.